The summed E-state index contributed by atoms with van der Waals surface area (Å²) >= 11 is 0. The SMILES string of the molecule is CC1(C)c2ccccc2-c2ccc(-c3c4ccccc4c(-c4ccc(-c5ccc6c(-c7ccc8c(c7)C(C)(C)c7ccccc7-8)c7ccccc7c(-c7ccc8c(c7)Cc7ccccc7-8)c6c5)cc4)c4ccccc34)cc21. The molecule has 0 amide bonds. The van der Waals surface area contributed by atoms with Crippen molar-refractivity contribution in [1.82, 2.24) is 0 Å². The van der Waals surface area contributed by atoms with Gasteiger partial charge in [0.1, 0.15) is 0 Å². The Morgan fingerprint density at radius 2 is 0.558 bits per heavy atom. The second-order valence-corrected chi connectivity index (χ2v) is 23.0. The van der Waals surface area contributed by atoms with Gasteiger partial charge in [-0.1, -0.05) is 252 Å². The van der Waals surface area contributed by atoms with E-state index in [0.717, 1.165) is 6.42 Å². The van der Waals surface area contributed by atoms with E-state index in [2.05, 4.69) is 270 Å². The van der Waals surface area contributed by atoms with Gasteiger partial charge in [-0.3, -0.25) is 0 Å². The standard InChI is InChI=1S/C77H54/c1-76(2)68-27-15-13-19-56(68)58-38-35-51(44-70(58)76)73-62-23-9-7-21-60(62)72(61-22-8-10-24-63(61)73)47-31-29-46(30-32-47)48-33-40-66-67(43-48)75(50-34-37-55-53(42-50)41-49-17-5-6-18-54(49)55)65-26-12-11-25-64(65)74(66)52-36-39-59-57-20-14-16-28-69(57)77(3,4)71(59)45-52/h5-40,42-45H,41H2,1-4H3. The van der Waals surface area contributed by atoms with Crippen LogP contribution in [0.1, 0.15) is 61.1 Å². The van der Waals surface area contributed by atoms with Crippen LogP contribution in [0, 0.1) is 0 Å². The summed E-state index contributed by atoms with van der Waals surface area (Å²) in [4.78, 5) is 0. The summed E-state index contributed by atoms with van der Waals surface area (Å²) < 4.78 is 0. The van der Waals surface area contributed by atoms with Crippen molar-refractivity contribution >= 4 is 43.1 Å². The van der Waals surface area contributed by atoms with Crippen LogP contribution >= 0.6 is 0 Å². The van der Waals surface area contributed by atoms with Crippen LogP contribution in [0.2, 0.25) is 0 Å². The van der Waals surface area contributed by atoms with E-state index >= 15 is 0 Å². The minimum atomic E-state index is -0.109. The van der Waals surface area contributed by atoms with Gasteiger partial charge in [-0.05, 0) is 190 Å². The lowest BCUT2D eigenvalue weighted by Crippen LogP contribution is -2.14. The van der Waals surface area contributed by atoms with Crippen LogP contribution in [0.15, 0.2) is 243 Å². The van der Waals surface area contributed by atoms with Gasteiger partial charge in [0.2, 0.25) is 0 Å². The van der Waals surface area contributed by atoms with Crippen molar-refractivity contribution in [3.63, 3.8) is 0 Å². The summed E-state index contributed by atoms with van der Waals surface area (Å²) in [5.74, 6) is 0. The Labute approximate surface area is 450 Å². The van der Waals surface area contributed by atoms with Gasteiger partial charge >= 0.3 is 0 Å². The topological polar surface area (TPSA) is 0 Å². The molecular formula is C77H54. The molecule has 0 heteroatoms. The van der Waals surface area contributed by atoms with Gasteiger partial charge in [0.15, 0.2) is 0 Å². The predicted molar refractivity (Wildman–Crippen MR) is 327 cm³/mol. The molecule has 16 rings (SSSR count). The fourth-order valence-electron chi connectivity index (χ4n) is 14.6. The zero-order chi connectivity index (χ0) is 51.3. The molecule has 0 bridgehead atoms. The second kappa shape index (κ2) is 16.2. The molecule has 3 aliphatic carbocycles. The van der Waals surface area contributed by atoms with E-state index in [1.807, 2.05) is 0 Å². The van der Waals surface area contributed by atoms with E-state index < -0.39 is 0 Å². The molecule has 0 unspecified atom stereocenters. The van der Waals surface area contributed by atoms with E-state index in [-0.39, 0.29) is 10.8 Å². The zero-order valence-electron chi connectivity index (χ0n) is 43.8. The third kappa shape index (κ3) is 6.34. The van der Waals surface area contributed by atoms with E-state index in [9.17, 15) is 0 Å². The lowest BCUT2D eigenvalue weighted by Gasteiger charge is -2.23. The molecule has 0 aromatic heterocycles. The minimum Gasteiger partial charge on any atom is -0.0619 e. The average molecular weight is 979 g/mol. The number of benzene rings is 13. The first kappa shape index (κ1) is 44.2. The van der Waals surface area contributed by atoms with Gasteiger partial charge in [-0.2, -0.15) is 0 Å². The van der Waals surface area contributed by atoms with Gasteiger partial charge in [0.05, 0.1) is 0 Å². The Bertz CT molecular complexity index is 4630. The van der Waals surface area contributed by atoms with E-state index in [1.165, 1.54) is 165 Å². The maximum Gasteiger partial charge on any atom is 0.0159 e. The third-order valence-electron chi connectivity index (χ3n) is 18.3. The van der Waals surface area contributed by atoms with E-state index in [1.54, 1.807) is 0 Å². The summed E-state index contributed by atoms with van der Waals surface area (Å²) in [6.07, 6.45) is 0.952. The molecule has 0 saturated carbocycles. The van der Waals surface area contributed by atoms with Crippen LogP contribution < -0.4 is 0 Å². The fraction of sp³-hybridized carbons (Fsp3) is 0.0909. The quantitative estimate of drug-likeness (QED) is 0.151. The monoisotopic (exact) mass is 978 g/mol. The van der Waals surface area contributed by atoms with Crippen molar-refractivity contribution in [2.24, 2.45) is 0 Å². The highest BCUT2D eigenvalue weighted by atomic mass is 14.4. The predicted octanol–water partition coefficient (Wildman–Crippen LogP) is 20.8. The number of hydrogen-bond donors (Lipinski definition) is 0. The highest BCUT2D eigenvalue weighted by Gasteiger charge is 2.37. The van der Waals surface area contributed by atoms with Crippen molar-refractivity contribution < 1.29 is 0 Å². The molecule has 0 spiro atoms. The fourth-order valence-corrected chi connectivity index (χ4v) is 14.6. The molecule has 0 heterocycles. The van der Waals surface area contributed by atoms with Gasteiger partial charge in [-0.15, -0.1) is 0 Å². The molecule has 77 heavy (non-hydrogen) atoms. The molecule has 13 aromatic carbocycles. The molecule has 3 aliphatic rings. The average Bonchev–Trinajstić information content (AvgIpc) is 4.13. The Kier molecular flexibility index (Phi) is 9.31. The highest BCUT2D eigenvalue weighted by Crippen LogP contribution is 2.54. The first-order valence-corrected chi connectivity index (χ1v) is 27.4. The van der Waals surface area contributed by atoms with Gasteiger partial charge in [-0.25, -0.2) is 0 Å². The maximum absolute atomic E-state index is 2.50. The molecule has 0 atom stereocenters. The highest BCUT2D eigenvalue weighted by molar-refractivity contribution is 6.23. The number of hydrogen-bond acceptors (Lipinski definition) is 0. The molecule has 0 saturated heterocycles. The summed E-state index contributed by atoms with van der Waals surface area (Å²) in [5.41, 5.74) is 28.9. The summed E-state index contributed by atoms with van der Waals surface area (Å²) in [5, 5.41) is 10.2. The van der Waals surface area contributed by atoms with Crippen molar-refractivity contribution in [2.75, 3.05) is 0 Å². The summed E-state index contributed by atoms with van der Waals surface area (Å²) in [6, 6.07) is 92.5. The van der Waals surface area contributed by atoms with Crippen molar-refractivity contribution in [1.29, 1.82) is 0 Å². The molecule has 0 nitrogen and oxygen atoms in total. The van der Waals surface area contributed by atoms with Gasteiger partial charge < -0.3 is 0 Å². The molecular weight excluding hydrogens is 925 g/mol. The van der Waals surface area contributed by atoms with Crippen LogP contribution in [0.5, 0.6) is 0 Å². The van der Waals surface area contributed by atoms with E-state index in [4.69, 9.17) is 0 Å². The second-order valence-electron chi connectivity index (χ2n) is 23.0. The minimum absolute atomic E-state index is 0.0835. The zero-order valence-corrected chi connectivity index (χ0v) is 43.8. The first-order valence-electron chi connectivity index (χ1n) is 27.4. The van der Waals surface area contributed by atoms with Crippen LogP contribution in [0.3, 0.4) is 0 Å². The number of fused-ring (bicyclic) bond motifs is 13. The smallest absolute Gasteiger partial charge is 0.0159 e. The summed E-state index contributed by atoms with van der Waals surface area (Å²) in [6.45, 7) is 9.53. The number of rotatable bonds is 5. The molecule has 0 aliphatic heterocycles. The lowest BCUT2D eigenvalue weighted by atomic mass is 9.80. The Hall–Kier alpha value is -9.10. The first-order chi connectivity index (χ1) is 37.7. The van der Waals surface area contributed by atoms with Crippen LogP contribution in [0.25, 0.3) is 132 Å². The van der Waals surface area contributed by atoms with Gasteiger partial charge in [0, 0.05) is 10.8 Å². The van der Waals surface area contributed by atoms with Crippen molar-refractivity contribution in [2.45, 2.75) is 44.9 Å². The Balaban J connectivity index is 0.862. The lowest BCUT2D eigenvalue weighted by molar-refractivity contribution is 0.660. The van der Waals surface area contributed by atoms with Crippen LogP contribution in [0.4, 0.5) is 0 Å². The van der Waals surface area contributed by atoms with E-state index in [0.29, 0.717) is 0 Å². The Morgan fingerprint density at radius 3 is 1.08 bits per heavy atom. The Morgan fingerprint density at radius 1 is 0.221 bits per heavy atom. The molecule has 362 valence electrons. The molecule has 0 N–H and O–H groups in total. The van der Waals surface area contributed by atoms with Crippen molar-refractivity contribution in [3.8, 4) is 89.0 Å². The van der Waals surface area contributed by atoms with Crippen molar-refractivity contribution in [3.05, 3.63) is 276 Å². The third-order valence-corrected chi connectivity index (χ3v) is 18.3. The molecule has 0 radical (unpaired) electrons. The van der Waals surface area contributed by atoms with Crippen LogP contribution in [-0.4, -0.2) is 0 Å². The van der Waals surface area contributed by atoms with Crippen LogP contribution in [-0.2, 0) is 17.3 Å². The largest absolute Gasteiger partial charge is 0.0619 e. The van der Waals surface area contributed by atoms with Gasteiger partial charge in [0.25, 0.3) is 0 Å². The normalized spacial score (nSPS) is 14.1. The maximum atomic E-state index is 2.50. The molecule has 13 aromatic rings. The molecule has 0 fully saturated rings. The summed E-state index contributed by atoms with van der Waals surface area (Å²) in [7, 11) is 0.